The van der Waals surface area contributed by atoms with Crippen molar-refractivity contribution in [3.63, 3.8) is 0 Å². The molecule has 96 valence electrons. The molecule has 0 amide bonds. The van der Waals surface area contributed by atoms with Crippen molar-refractivity contribution in [2.24, 2.45) is 0 Å². The first-order valence-electron chi connectivity index (χ1n) is 5.41. The van der Waals surface area contributed by atoms with Gasteiger partial charge < -0.3 is 0 Å². The Morgan fingerprint density at radius 1 is 1.32 bits per heavy atom. The van der Waals surface area contributed by atoms with Crippen LogP contribution >= 0.6 is 0 Å². The molecule has 0 aliphatic carbocycles. The molecule has 0 N–H and O–H groups in total. The molecule has 0 saturated heterocycles. The third kappa shape index (κ3) is 2.10. The molecule has 0 aliphatic heterocycles. The Bertz CT molecular complexity index is 760. The van der Waals surface area contributed by atoms with Crippen LogP contribution in [0.1, 0.15) is 16.8 Å². The largest absolute Gasteiger partial charge is 0.275 e. The molecule has 2 aromatic rings. The molecule has 0 aliphatic rings. The Morgan fingerprint density at radius 3 is 2.58 bits per heavy atom. The van der Waals surface area contributed by atoms with Gasteiger partial charge in [-0.05, 0) is 26.0 Å². The third-order valence-corrected chi connectivity index (χ3v) is 2.75. The molecular weight excluding hydrogens is 252 g/mol. The standard InChI is InChI=1S/C13H9F2N3O/c1-7-10(6-16)8(2)17-18(13(7)19)12-4-3-9(14)5-11(12)15/h3-5H,1-2H3. The Hall–Kier alpha value is -2.55. The fraction of sp³-hybridized carbons (Fsp3) is 0.154. The second-order valence-corrected chi connectivity index (χ2v) is 4.01. The predicted molar refractivity (Wildman–Crippen MR) is 63.9 cm³/mol. The minimum Gasteiger partial charge on any atom is -0.267 e. The smallest absolute Gasteiger partial charge is 0.267 e. The lowest BCUT2D eigenvalue weighted by molar-refractivity contribution is 0.569. The van der Waals surface area contributed by atoms with Gasteiger partial charge in [-0.25, -0.2) is 8.78 Å². The molecule has 2 rings (SSSR count). The normalized spacial score (nSPS) is 10.3. The van der Waals surface area contributed by atoms with E-state index in [2.05, 4.69) is 5.10 Å². The zero-order valence-corrected chi connectivity index (χ0v) is 10.2. The minimum atomic E-state index is -0.891. The van der Waals surface area contributed by atoms with E-state index >= 15 is 0 Å². The van der Waals surface area contributed by atoms with Crippen LogP contribution in [0.15, 0.2) is 23.0 Å². The van der Waals surface area contributed by atoms with E-state index in [9.17, 15) is 13.6 Å². The molecular formula is C13H9F2N3O. The summed E-state index contributed by atoms with van der Waals surface area (Å²) in [6.45, 7) is 3.01. The molecule has 1 heterocycles. The number of benzene rings is 1. The topological polar surface area (TPSA) is 58.7 Å². The molecule has 0 bridgehead atoms. The molecule has 19 heavy (non-hydrogen) atoms. The summed E-state index contributed by atoms with van der Waals surface area (Å²) >= 11 is 0. The second kappa shape index (κ2) is 4.61. The highest BCUT2D eigenvalue weighted by Crippen LogP contribution is 2.14. The van der Waals surface area contributed by atoms with E-state index in [1.165, 1.54) is 6.92 Å². The maximum absolute atomic E-state index is 13.7. The van der Waals surface area contributed by atoms with Crippen LogP contribution in [-0.2, 0) is 0 Å². The summed E-state index contributed by atoms with van der Waals surface area (Å²) in [6.07, 6.45) is 0. The fourth-order valence-electron chi connectivity index (χ4n) is 1.76. The summed E-state index contributed by atoms with van der Waals surface area (Å²) in [4.78, 5) is 12.0. The zero-order valence-electron chi connectivity index (χ0n) is 10.2. The first-order valence-corrected chi connectivity index (χ1v) is 5.41. The maximum atomic E-state index is 13.7. The van der Waals surface area contributed by atoms with Crippen molar-refractivity contribution in [3.05, 3.63) is 57.0 Å². The van der Waals surface area contributed by atoms with Crippen molar-refractivity contribution in [3.8, 4) is 11.8 Å². The summed E-state index contributed by atoms with van der Waals surface area (Å²) in [7, 11) is 0. The van der Waals surface area contributed by atoms with Crippen LogP contribution in [0.4, 0.5) is 8.78 Å². The van der Waals surface area contributed by atoms with Crippen molar-refractivity contribution in [2.75, 3.05) is 0 Å². The van der Waals surface area contributed by atoms with E-state index in [0.29, 0.717) is 11.8 Å². The lowest BCUT2D eigenvalue weighted by Crippen LogP contribution is -2.26. The van der Waals surface area contributed by atoms with Crippen LogP contribution in [0.2, 0.25) is 0 Å². The van der Waals surface area contributed by atoms with Gasteiger partial charge in [0.15, 0.2) is 5.82 Å². The molecule has 1 aromatic carbocycles. The SMILES string of the molecule is Cc1nn(-c2ccc(F)cc2F)c(=O)c(C)c1C#N. The van der Waals surface area contributed by atoms with E-state index in [1.54, 1.807) is 6.92 Å². The van der Waals surface area contributed by atoms with Crippen molar-refractivity contribution in [2.45, 2.75) is 13.8 Å². The highest BCUT2D eigenvalue weighted by Gasteiger charge is 2.15. The first kappa shape index (κ1) is 12.9. The molecule has 0 radical (unpaired) electrons. The van der Waals surface area contributed by atoms with Crippen LogP contribution in [0.5, 0.6) is 0 Å². The van der Waals surface area contributed by atoms with Gasteiger partial charge in [0.25, 0.3) is 5.56 Å². The van der Waals surface area contributed by atoms with Crippen LogP contribution in [0.3, 0.4) is 0 Å². The summed E-state index contributed by atoms with van der Waals surface area (Å²) < 4.78 is 27.3. The van der Waals surface area contributed by atoms with Gasteiger partial charge in [-0.15, -0.1) is 0 Å². The summed E-state index contributed by atoms with van der Waals surface area (Å²) in [6, 6.07) is 4.72. The summed E-state index contributed by atoms with van der Waals surface area (Å²) in [5, 5.41) is 12.8. The number of aromatic nitrogens is 2. The fourth-order valence-corrected chi connectivity index (χ4v) is 1.76. The molecule has 0 fully saturated rings. The highest BCUT2D eigenvalue weighted by atomic mass is 19.1. The summed E-state index contributed by atoms with van der Waals surface area (Å²) in [5.41, 5.74) is -0.0967. The van der Waals surface area contributed by atoms with Crippen LogP contribution in [0.25, 0.3) is 5.69 Å². The number of rotatable bonds is 1. The number of nitrogens with zero attached hydrogens (tertiary/aromatic N) is 3. The van der Waals surface area contributed by atoms with Crippen LogP contribution < -0.4 is 5.56 Å². The van der Waals surface area contributed by atoms with Gasteiger partial charge >= 0.3 is 0 Å². The Balaban J connectivity index is 2.78. The van der Waals surface area contributed by atoms with Gasteiger partial charge in [-0.2, -0.15) is 15.0 Å². The predicted octanol–water partition coefficient (Wildman–Crippen LogP) is 2.00. The first-order chi connectivity index (χ1) is 8.95. The van der Waals surface area contributed by atoms with Gasteiger partial charge in [-0.1, -0.05) is 0 Å². The Labute approximate surface area is 107 Å². The second-order valence-electron chi connectivity index (χ2n) is 4.01. The zero-order chi connectivity index (χ0) is 14.2. The Morgan fingerprint density at radius 2 is 2.00 bits per heavy atom. The number of hydrogen-bond donors (Lipinski definition) is 0. The van der Waals surface area contributed by atoms with E-state index in [0.717, 1.165) is 16.8 Å². The molecule has 1 aromatic heterocycles. The molecule has 0 unspecified atom stereocenters. The number of aryl methyl sites for hydroxylation is 1. The lowest BCUT2D eigenvalue weighted by atomic mass is 10.1. The van der Waals surface area contributed by atoms with Crippen molar-refractivity contribution in [1.82, 2.24) is 9.78 Å². The lowest BCUT2D eigenvalue weighted by Gasteiger charge is -2.09. The van der Waals surface area contributed by atoms with Crippen LogP contribution in [-0.4, -0.2) is 9.78 Å². The number of nitriles is 1. The van der Waals surface area contributed by atoms with E-state index in [4.69, 9.17) is 5.26 Å². The molecule has 0 saturated carbocycles. The third-order valence-electron chi connectivity index (χ3n) is 2.75. The number of halogens is 2. The van der Waals surface area contributed by atoms with Gasteiger partial charge in [-0.3, -0.25) is 4.79 Å². The van der Waals surface area contributed by atoms with E-state index in [1.807, 2.05) is 6.07 Å². The van der Waals surface area contributed by atoms with E-state index < -0.39 is 17.2 Å². The van der Waals surface area contributed by atoms with Crippen LogP contribution in [0, 0.1) is 36.8 Å². The minimum absolute atomic E-state index is 0.151. The van der Waals surface area contributed by atoms with Gasteiger partial charge in [0.2, 0.25) is 0 Å². The average Bonchev–Trinajstić information content (AvgIpc) is 2.35. The highest BCUT2D eigenvalue weighted by molar-refractivity contribution is 5.41. The molecule has 0 spiro atoms. The van der Waals surface area contributed by atoms with Gasteiger partial charge in [0.1, 0.15) is 17.6 Å². The van der Waals surface area contributed by atoms with Crippen molar-refractivity contribution < 1.29 is 8.78 Å². The molecule has 4 nitrogen and oxygen atoms in total. The number of hydrogen-bond acceptors (Lipinski definition) is 3. The van der Waals surface area contributed by atoms with Gasteiger partial charge in [0.05, 0.1) is 11.3 Å². The quantitative estimate of drug-likeness (QED) is 0.788. The monoisotopic (exact) mass is 261 g/mol. The van der Waals surface area contributed by atoms with Crippen molar-refractivity contribution in [1.29, 1.82) is 5.26 Å². The summed E-state index contributed by atoms with van der Waals surface area (Å²) in [5.74, 6) is -1.63. The van der Waals surface area contributed by atoms with Gasteiger partial charge in [0, 0.05) is 11.6 Å². The van der Waals surface area contributed by atoms with E-state index in [-0.39, 0.29) is 16.8 Å². The Kier molecular flexibility index (Phi) is 3.13. The molecule has 6 heteroatoms. The van der Waals surface area contributed by atoms with Crippen molar-refractivity contribution >= 4 is 0 Å². The average molecular weight is 261 g/mol. The maximum Gasteiger partial charge on any atom is 0.275 e. The molecule has 0 atom stereocenters.